The molecule has 8 atom stereocenters. The predicted molar refractivity (Wildman–Crippen MR) is 137 cm³/mol. The van der Waals surface area contributed by atoms with E-state index in [2.05, 4.69) is 42.8 Å². The molecule has 0 aromatic heterocycles. The smallest absolute Gasteiger partial charge is 0.296 e. The minimum absolute atomic E-state index is 0.0560. The molecule has 186 valence electrons. The molecule has 4 bridgehead atoms. The van der Waals surface area contributed by atoms with Gasteiger partial charge in [-0.25, -0.2) is 9.59 Å². The average Bonchev–Trinajstić information content (AvgIpc) is 3.39. The van der Waals surface area contributed by atoms with Gasteiger partial charge in [-0.15, -0.1) is 17.6 Å². The van der Waals surface area contributed by atoms with Crippen LogP contribution in [0.1, 0.15) is 32.1 Å². The van der Waals surface area contributed by atoms with Crippen LogP contribution >= 0.6 is 0 Å². The van der Waals surface area contributed by atoms with Crippen LogP contribution in [0.25, 0.3) is 0 Å². The summed E-state index contributed by atoms with van der Waals surface area (Å²) in [4.78, 5) is 56.9. The molecule has 2 saturated carbocycles. The summed E-state index contributed by atoms with van der Waals surface area (Å²) in [6.07, 6.45) is 14.8. The number of nitrogens with one attached hydrogen (secondary N) is 1. The van der Waals surface area contributed by atoms with Gasteiger partial charge in [-0.3, -0.25) is 14.9 Å². The highest BCUT2D eigenvalue weighted by molar-refractivity contribution is 6.32. The Hall–Kier alpha value is -3.38. The monoisotopic (exact) mass is 493 g/mol. The fraction of sp³-hybridized carbons (Fsp3) is 0.419. The normalized spacial score (nSPS) is 45.9. The third kappa shape index (κ3) is 1.88. The summed E-state index contributed by atoms with van der Waals surface area (Å²) in [6.45, 7) is 8.02. The summed E-state index contributed by atoms with van der Waals surface area (Å²) < 4.78 is -0.321. The average molecular weight is 494 g/mol. The second-order valence-corrected chi connectivity index (χ2v) is 12.4. The predicted octanol–water partition coefficient (Wildman–Crippen LogP) is 4.26. The lowest BCUT2D eigenvalue weighted by Crippen LogP contribution is -2.56. The number of amides is 4. The topological polar surface area (TPSA) is 80.3 Å². The Morgan fingerprint density at radius 3 is 2.03 bits per heavy atom. The number of carbonyl (C=O) groups is 4. The van der Waals surface area contributed by atoms with E-state index in [1.807, 2.05) is 36.4 Å². The quantitative estimate of drug-likeness (QED) is 0.278. The Labute approximate surface area is 215 Å². The van der Waals surface area contributed by atoms with Crippen molar-refractivity contribution in [1.82, 2.24) is 9.80 Å². The van der Waals surface area contributed by atoms with Crippen molar-refractivity contribution in [1.29, 1.82) is 0 Å². The lowest BCUT2D eigenvalue weighted by molar-refractivity contribution is -0.149. The van der Waals surface area contributed by atoms with Crippen molar-refractivity contribution in [3.8, 4) is 0 Å². The van der Waals surface area contributed by atoms with Gasteiger partial charge in [0.25, 0.3) is 0 Å². The maximum atomic E-state index is 15.1. The zero-order valence-electron chi connectivity index (χ0n) is 20.6. The van der Waals surface area contributed by atoms with Crippen molar-refractivity contribution in [3.05, 3.63) is 73.9 Å². The van der Waals surface area contributed by atoms with Gasteiger partial charge < -0.3 is 0 Å². The van der Waals surface area contributed by atoms with E-state index in [0.717, 1.165) is 11.4 Å². The first-order valence-electron chi connectivity index (χ1n) is 13.3. The van der Waals surface area contributed by atoms with Gasteiger partial charge in [0.05, 0.1) is 11.3 Å². The Bertz CT molecular complexity index is 1450. The Kier molecular flexibility index (Phi) is 3.62. The van der Waals surface area contributed by atoms with E-state index in [0.29, 0.717) is 25.7 Å². The molecule has 3 aliphatic heterocycles. The van der Waals surface area contributed by atoms with Crippen molar-refractivity contribution in [2.75, 3.05) is 0 Å². The Morgan fingerprint density at radius 1 is 0.865 bits per heavy atom. The molecule has 4 amide bonds. The molecule has 37 heavy (non-hydrogen) atoms. The molecule has 8 unspecified atom stereocenters. The number of allylic oxidation sites excluding steroid dienone is 6. The number of benzene rings is 1. The molecule has 1 spiro atoms. The summed E-state index contributed by atoms with van der Waals surface area (Å²) in [5.41, 5.74) is -1.87. The molecule has 6 nitrogen and oxygen atoms in total. The van der Waals surface area contributed by atoms with Crippen LogP contribution in [0.2, 0.25) is 0 Å². The van der Waals surface area contributed by atoms with E-state index >= 15 is 4.79 Å². The van der Waals surface area contributed by atoms with Crippen LogP contribution in [0, 0.1) is 45.3 Å². The largest absolute Gasteiger partial charge is 0.339 e. The highest BCUT2D eigenvalue weighted by Crippen LogP contribution is 2.81. The van der Waals surface area contributed by atoms with Crippen molar-refractivity contribution in [2.24, 2.45) is 45.3 Å². The summed E-state index contributed by atoms with van der Waals surface area (Å²) in [7, 11) is 0. The molecule has 3 heterocycles. The van der Waals surface area contributed by atoms with Gasteiger partial charge in [-0.05, 0) is 43.9 Å². The fourth-order valence-corrected chi connectivity index (χ4v) is 10.4. The van der Waals surface area contributed by atoms with Gasteiger partial charge in [0.1, 0.15) is 11.3 Å². The number of rotatable bonds is 6. The van der Waals surface area contributed by atoms with E-state index in [9.17, 15) is 14.4 Å². The lowest BCUT2D eigenvalue weighted by Gasteiger charge is -2.50. The molecule has 8 rings (SSSR count). The highest BCUT2D eigenvalue weighted by atomic mass is 16.2. The van der Waals surface area contributed by atoms with Crippen LogP contribution in [0.15, 0.2) is 73.9 Å². The zero-order chi connectivity index (χ0) is 25.6. The van der Waals surface area contributed by atoms with Gasteiger partial charge in [0.15, 0.2) is 0 Å². The molecular weight excluding hydrogens is 464 g/mol. The standard InChI is InChI=1S/C31H28N2O4/c1-3-11-28-13-9-18(15-28)22-24(34)32-26(36)30(22,28)17-31-23(19-10-14-29(31,16-19)12-4-2)25(35)33(27(31)37)20-7-5-6-8-21(20)33/h3-10,13-14,18-19,22-23H,1-2,11-12,15-17H2/p+1. The molecule has 1 aromatic carbocycles. The number of fused-ring (bicyclic) bond motifs is 13. The van der Waals surface area contributed by atoms with Gasteiger partial charge in [-0.2, -0.15) is 0 Å². The van der Waals surface area contributed by atoms with Gasteiger partial charge >= 0.3 is 11.8 Å². The second kappa shape index (κ2) is 6.18. The second-order valence-electron chi connectivity index (χ2n) is 12.4. The van der Waals surface area contributed by atoms with Crippen LogP contribution in [0.3, 0.4) is 0 Å². The number of hydrogen-bond donors (Lipinski definition) is 1. The van der Waals surface area contributed by atoms with Crippen LogP contribution in [-0.4, -0.2) is 23.6 Å². The number of imide groups is 2. The number of carbonyl (C=O) groups excluding carboxylic acids is 4. The first-order chi connectivity index (χ1) is 17.8. The molecule has 6 heteroatoms. The Morgan fingerprint density at radius 2 is 1.43 bits per heavy atom. The molecule has 1 N–H and O–H groups in total. The van der Waals surface area contributed by atoms with E-state index in [1.54, 1.807) is 0 Å². The molecule has 4 fully saturated rings. The number of nitrogens with zero attached hydrogens (tertiary/aromatic N) is 1. The van der Waals surface area contributed by atoms with Crippen molar-refractivity contribution < 1.29 is 19.2 Å². The molecular formula is C31H29N2O4+. The lowest BCUT2D eigenvalue weighted by atomic mass is 9.48. The fourth-order valence-electron chi connectivity index (χ4n) is 10.4. The maximum Gasteiger partial charge on any atom is 0.339 e. The number of hydrogen-bond acceptors (Lipinski definition) is 4. The van der Waals surface area contributed by atoms with Gasteiger partial charge in [0.2, 0.25) is 23.2 Å². The summed E-state index contributed by atoms with van der Waals surface area (Å²) in [5, 5.41) is 2.67. The first-order valence-corrected chi connectivity index (χ1v) is 13.3. The van der Waals surface area contributed by atoms with E-state index in [1.165, 1.54) is 0 Å². The van der Waals surface area contributed by atoms with Crippen molar-refractivity contribution >= 4 is 35.0 Å². The molecule has 1 aromatic rings. The van der Waals surface area contributed by atoms with Crippen molar-refractivity contribution in [3.63, 3.8) is 0 Å². The van der Waals surface area contributed by atoms with E-state index in [4.69, 9.17) is 0 Å². The molecule has 2 saturated heterocycles. The first kappa shape index (κ1) is 21.7. The van der Waals surface area contributed by atoms with Crippen LogP contribution in [0.5, 0.6) is 0 Å². The highest BCUT2D eigenvalue weighted by Gasteiger charge is 2.90. The summed E-state index contributed by atoms with van der Waals surface area (Å²) in [6, 6.07) is 7.50. The molecule has 0 radical (unpaired) electrons. The number of para-hydroxylation sites is 2. The van der Waals surface area contributed by atoms with E-state index in [-0.39, 0.29) is 46.4 Å². The maximum absolute atomic E-state index is 15.1. The summed E-state index contributed by atoms with van der Waals surface area (Å²) >= 11 is 0. The minimum atomic E-state index is -1.09. The SMILES string of the molecule is C=CCC12C=CC(C1)C1C(=O)NC(=O)C12CC12C(=O)[N+]3(C(=O)C1C1C=CC2(CC=C)C1)c1ccccc13. The van der Waals surface area contributed by atoms with Gasteiger partial charge in [-0.1, -0.05) is 48.6 Å². The third-order valence-corrected chi connectivity index (χ3v) is 11.6. The Balaban J connectivity index is 1.39. The van der Waals surface area contributed by atoms with Crippen molar-refractivity contribution in [2.45, 2.75) is 32.1 Å². The van der Waals surface area contributed by atoms with Gasteiger partial charge in [0, 0.05) is 23.0 Å². The van der Waals surface area contributed by atoms with Crippen LogP contribution < -0.4 is 9.80 Å². The van der Waals surface area contributed by atoms with E-state index < -0.39 is 33.5 Å². The summed E-state index contributed by atoms with van der Waals surface area (Å²) in [5.74, 6) is -1.89. The van der Waals surface area contributed by atoms with Crippen LogP contribution in [-0.2, 0) is 19.2 Å². The molecule has 7 aliphatic rings. The van der Waals surface area contributed by atoms with Crippen LogP contribution in [0.4, 0.5) is 11.4 Å². The third-order valence-electron chi connectivity index (χ3n) is 11.6. The zero-order valence-corrected chi connectivity index (χ0v) is 20.6. The number of quaternary nitrogens is 1. The molecule has 4 aliphatic carbocycles. The minimum Gasteiger partial charge on any atom is -0.296 e.